The Bertz CT molecular complexity index is 1560. The van der Waals surface area contributed by atoms with Crippen molar-refractivity contribution in [2.24, 2.45) is 0 Å². The monoisotopic (exact) mass is 522 g/mol. The van der Waals surface area contributed by atoms with Crippen LogP contribution in [0.25, 0.3) is 10.9 Å². The summed E-state index contributed by atoms with van der Waals surface area (Å²) in [6, 6.07) is 24.3. The fourth-order valence-electron chi connectivity index (χ4n) is 6.22. The van der Waals surface area contributed by atoms with Gasteiger partial charge in [-0.2, -0.15) is 0 Å². The van der Waals surface area contributed by atoms with E-state index in [9.17, 15) is 15.0 Å². The zero-order valence-electron chi connectivity index (χ0n) is 23.6. The molecule has 39 heavy (non-hydrogen) atoms. The molecule has 5 heteroatoms. The highest BCUT2D eigenvalue weighted by Gasteiger charge is 2.54. The van der Waals surface area contributed by atoms with Crippen molar-refractivity contribution in [2.45, 2.75) is 70.9 Å². The number of rotatable bonds is 7. The highest BCUT2D eigenvalue weighted by atomic mass is 16.3. The van der Waals surface area contributed by atoms with E-state index in [1.165, 1.54) is 6.92 Å². The second-order valence-electron chi connectivity index (χ2n) is 11.9. The molecule has 0 saturated carbocycles. The summed E-state index contributed by atoms with van der Waals surface area (Å²) < 4.78 is 0. The maximum absolute atomic E-state index is 12.0. The molecule has 0 radical (unpaired) electrons. The van der Waals surface area contributed by atoms with Crippen molar-refractivity contribution < 1.29 is 15.0 Å². The van der Waals surface area contributed by atoms with Crippen molar-refractivity contribution >= 4 is 16.8 Å². The Kier molecular flexibility index (Phi) is 6.68. The molecule has 3 atom stereocenters. The van der Waals surface area contributed by atoms with Crippen LogP contribution in [0.2, 0.25) is 0 Å². The van der Waals surface area contributed by atoms with Crippen molar-refractivity contribution in [3.63, 3.8) is 0 Å². The summed E-state index contributed by atoms with van der Waals surface area (Å²) in [5.41, 5.74) is 6.31. The summed E-state index contributed by atoms with van der Waals surface area (Å²) in [7, 11) is 0. The minimum Gasteiger partial charge on any atom is -0.511 e. The van der Waals surface area contributed by atoms with Gasteiger partial charge in [0.25, 0.3) is 0 Å². The molecule has 202 valence electrons. The lowest BCUT2D eigenvalue weighted by atomic mass is 9.59. The van der Waals surface area contributed by atoms with E-state index in [0.717, 1.165) is 44.4 Å². The first-order chi connectivity index (χ1) is 18.4. The van der Waals surface area contributed by atoms with Crippen LogP contribution in [0.4, 0.5) is 0 Å². The molecular formula is C34H38N2O3. The van der Waals surface area contributed by atoms with E-state index in [1.54, 1.807) is 0 Å². The number of fused-ring (bicyclic) bond motifs is 1. The van der Waals surface area contributed by atoms with Gasteiger partial charge in [0.15, 0.2) is 0 Å². The van der Waals surface area contributed by atoms with E-state index in [2.05, 4.69) is 35.4 Å². The molecule has 3 aromatic carbocycles. The van der Waals surface area contributed by atoms with E-state index in [4.69, 9.17) is 0 Å². The van der Waals surface area contributed by atoms with E-state index >= 15 is 0 Å². The van der Waals surface area contributed by atoms with Crippen LogP contribution in [-0.2, 0) is 16.6 Å². The average molecular weight is 523 g/mol. The molecule has 0 aliphatic heterocycles. The van der Waals surface area contributed by atoms with Crippen LogP contribution in [0.15, 0.2) is 84.1 Å². The normalized spacial score (nSPS) is 20.1. The van der Waals surface area contributed by atoms with Gasteiger partial charge in [0.2, 0.25) is 5.91 Å². The number of nitrogens with one attached hydrogen (secondary N) is 2. The number of benzene rings is 3. The van der Waals surface area contributed by atoms with Gasteiger partial charge in [-0.1, -0.05) is 72.3 Å². The first-order valence-electron chi connectivity index (χ1n) is 13.6. The molecule has 5 rings (SSSR count). The number of aryl methyl sites for hydroxylation is 2. The molecule has 4 aromatic rings. The van der Waals surface area contributed by atoms with Gasteiger partial charge in [0, 0.05) is 34.6 Å². The lowest BCUT2D eigenvalue weighted by molar-refractivity contribution is -0.120. The fraction of sp³-hybridized carbons (Fsp3) is 0.324. The number of amides is 1. The smallest absolute Gasteiger partial charge is 0.217 e. The standard InChI is InChI=1S/C34H38N2O3/c1-20-12-15-24(16-13-20)34(6)31(38)29(32(34)39)28(23-10-8-7-9-11-23)30-26(19-33(4,5)36-22(3)37)25-17-14-21(2)18-27(25)35-30/h7-18,28,31,35,38-39H,19H2,1-6H3,(H,36,37). The molecule has 0 fully saturated rings. The lowest BCUT2D eigenvalue weighted by Crippen LogP contribution is -2.51. The number of hydrogen-bond acceptors (Lipinski definition) is 3. The Morgan fingerprint density at radius 3 is 2.28 bits per heavy atom. The Morgan fingerprint density at radius 2 is 1.67 bits per heavy atom. The number of aliphatic hydroxyl groups is 2. The topological polar surface area (TPSA) is 85.3 Å². The van der Waals surface area contributed by atoms with Crippen molar-refractivity contribution in [1.82, 2.24) is 10.3 Å². The third-order valence-electron chi connectivity index (χ3n) is 8.22. The van der Waals surface area contributed by atoms with Gasteiger partial charge in [0.1, 0.15) is 5.76 Å². The van der Waals surface area contributed by atoms with Crippen molar-refractivity contribution in [3.8, 4) is 0 Å². The predicted molar refractivity (Wildman–Crippen MR) is 157 cm³/mol. The van der Waals surface area contributed by atoms with Crippen molar-refractivity contribution in [3.05, 3.63) is 118 Å². The van der Waals surface area contributed by atoms with Gasteiger partial charge >= 0.3 is 0 Å². The summed E-state index contributed by atoms with van der Waals surface area (Å²) in [6.07, 6.45) is -0.303. The van der Waals surface area contributed by atoms with Gasteiger partial charge in [-0.05, 0) is 69.4 Å². The molecular weight excluding hydrogens is 484 g/mol. The Hall–Kier alpha value is -3.83. The third-order valence-corrected chi connectivity index (χ3v) is 8.22. The molecule has 5 nitrogen and oxygen atoms in total. The maximum Gasteiger partial charge on any atom is 0.217 e. The largest absolute Gasteiger partial charge is 0.511 e. The van der Waals surface area contributed by atoms with Crippen molar-refractivity contribution in [2.75, 3.05) is 0 Å². The molecule has 1 aliphatic carbocycles. The number of hydrogen-bond donors (Lipinski definition) is 4. The average Bonchev–Trinajstić information content (AvgIpc) is 3.22. The number of aromatic amines is 1. The molecule has 1 amide bonds. The predicted octanol–water partition coefficient (Wildman–Crippen LogP) is 6.52. The highest BCUT2D eigenvalue weighted by Crippen LogP contribution is 2.54. The summed E-state index contributed by atoms with van der Waals surface area (Å²) in [6.45, 7) is 11.6. The van der Waals surface area contributed by atoms with Crippen LogP contribution in [-0.4, -0.2) is 32.7 Å². The highest BCUT2D eigenvalue weighted by molar-refractivity contribution is 5.86. The van der Waals surface area contributed by atoms with Gasteiger partial charge in [-0.3, -0.25) is 4.79 Å². The molecule has 3 unspecified atom stereocenters. The van der Waals surface area contributed by atoms with Gasteiger partial charge in [0.05, 0.1) is 17.4 Å². The first-order valence-corrected chi connectivity index (χ1v) is 13.6. The zero-order chi connectivity index (χ0) is 28.1. The maximum atomic E-state index is 12.0. The molecule has 0 spiro atoms. The first kappa shape index (κ1) is 26.8. The van der Waals surface area contributed by atoms with E-state index < -0.39 is 23.0 Å². The van der Waals surface area contributed by atoms with E-state index in [0.29, 0.717) is 12.0 Å². The van der Waals surface area contributed by atoms with Crippen molar-refractivity contribution in [1.29, 1.82) is 0 Å². The SMILES string of the molecule is CC(=O)NC(C)(C)Cc1c(C(C2=C(O)C(C)(c3ccc(C)cc3)C2O)c2ccccc2)[nH]c2cc(C)ccc12. The molecule has 4 N–H and O–H groups in total. The van der Waals surface area contributed by atoms with Crippen LogP contribution in [0.1, 0.15) is 67.1 Å². The summed E-state index contributed by atoms with van der Waals surface area (Å²) in [5, 5.41) is 27.7. The molecule has 0 saturated heterocycles. The molecule has 1 aromatic heterocycles. The van der Waals surface area contributed by atoms with Gasteiger partial charge in [-0.15, -0.1) is 0 Å². The summed E-state index contributed by atoms with van der Waals surface area (Å²) >= 11 is 0. The van der Waals surface area contributed by atoms with Crippen LogP contribution in [0.3, 0.4) is 0 Å². The molecule has 1 heterocycles. The second-order valence-corrected chi connectivity index (χ2v) is 11.9. The molecule has 0 bridgehead atoms. The summed E-state index contributed by atoms with van der Waals surface area (Å²) in [5.74, 6) is -0.273. The van der Waals surface area contributed by atoms with Gasteiger partial charge in [-0.25, -0.2) is 0 Å². The Balaban J connectivity index is 1.73. The number of aromatic nitrogens is 1. The Labute approximate surface area is 230 Å². The Morgan fingerprint density at radius 1 is 1.03 bits per heavy atom. The third kappa shape index (κ3) is 4.65. The van der Waals surface area contributed by atoms with Gasteiger partial charge < -0.3 is 20.5 Å². The number of carbonyl (C=O) groups is 1. The van der Waals surface area contributed by atoms with E-state index in [-0.39, 0.29) is 11.7 Å². The zero-order valence-corrected chi connectivity index (χ0v) is 23.6. The minimum atomic E-state index is -0.895. The number of H-pyrrole nitrogens is 1. The van der Waals surface area contributed by atoms with Crippen LogP contribution in [0, 0.1) is 13.8 Å². The van der Waals surface area contributed by atoms with Crippen LogP contribution in [0.5, 0.6) is 0 Å². The lowest BCUT2D eigenvalue weighted by Gasteiger charge is -2.48. The number of carbonyl (C=O) groups excluding carboxylic acids is 1. The molecule has 1 aliphatic rings. The second kappa shape index (κ2) is 9.73. The summed E-state index contributed by atoms with van der Waals surface area (Å²) in [4.78, 5) is 15.7. The van der Waals surface area contributed by atoms with Crippen LogP contribution >= 0.6 is 0 Å². The minimum absolute atomic E-state index is 0.0829. The van der Waals surface area contributed by atoms with E-state index in [1.807, 2.05) is 82.3 Å². The number of aliphatic hydroxyl groups excluding tert-OH is 2. The fourth-order valence-corrected chi connectivity index (χ4v) is 6.22. The van der Waals surface area contributed by atoms with Crippen LogP contribution < -0.4 is 5.32 Å². The quantitative estimate of drug-likeness (QED) is 0.223.